The maximum Gasteiger partial charge on any atom is 0.178 e. The molecule has 0 aliphatic rings. The van der Waals surface area contributed by atoms with Gasteiger partial charge in [-0.25, -0.2) is 14.6 Å². The zero-order valence-electron chi connectivity index (χ0n) is 11.2. The van der Waals surface area contributed by atoms with Crippen molar-refractivity contribution in [3.8, 4) is 5.75 Å². The van der Waals surface area contributed by atoms with Crippen molar-refractivity contribution in [2.75, 3.05) is 7.11 Å². The van der Waals surface area contributed by atoms with Crippen molar-refractivity contribution >= 4 is 22.8 Å². The van der Waals surface area contributed by atoms with Gasteiger partial charge in [0, 0.05) is 0 Å². The van der Waals surface area contributed by atoms with Crippen LogP contribution in [0.15, 0.2) is 30.5 Å². The molecule has 102 valence electrons. The SMILES string of the molecule is COc1ccc(Cn2nc(C)c3ncc(Cl)nc32)cc1. The number of hydrogen-bond acceptors (Lipinski definition) is 4. The van der Waals surface area contributed by atoms with E-state index in [9.17, 15) is 0 Å². The molecule has 1 aromatic carbocycles. The van der Waals surface area contributed by atoms with Crippen LogP contribution in [-0.4, -0.2) is 26.9 Å². The maximum atomic E-state index is 5.91. The monoisotopic (exact) mass is 288 g/mol. The van der Waals surface area contributed by atoms with Gasteiger partial charge in [0.05, 0.1) is 25.5 Å². The normalized spacial score (nSPS) is 10.9. The van der Waals surface area contributed by atoms with Gasteiger partial charge >= 0.3 is 0 Å². The Kier molecular flexibility index (Phi) is 3.28. The lowest BCUT2D eigenvalue weighted by Crippen LogP contribution is -2.03. The van der Waals surface area contributed by atoms with Crippen LogP contribution >= 0.6 is 11.6 Å². The quantitative estimate of drug-likeness (QED) is 0.744. The van der Waals surface area contributed by atoms with Crippen LogP contribution in [0.25, 0.3) is 11.2 Å². The molecule has 0 unspecified atom stereocenters. The van der Waals surface area contributed by atoms with Crippen LogP contribution in [0.1, 0.15) is 11.3 Å². The molecule has 0 amide bonds. The first-order chi connectivity index (χ1) is 9.67. The number of nitrogens with zero attached hydrogens (tertiary/aromatic N) is 4. The topological polar surface area (TPSA) is 52.8 Å². The lowest BCUT2D eigenvalue weighted by molar-refractivity contribution is 0.414. The van der Waals surface area contributed by atoms with Gasteiger partial charge in [-0.05, 0) is 24.6 Å². The number of ether oxygens (including phenoxy) is 1. The molecule has 2 aromatic heterocycles. The van der Waals surface area contributed by atoms with E-state index in [1.807, 2.05) is 35.9 Å². The molecule has 0 aliphatic heterocycles. The second-order valence-corrected chi connectivity index (χ2v) is 4.84. The summed E-state index contributed by atoms with van der Waals surface area (Å²) >= 11 is 5.91. The minimum absolute atomic E-state index is 0.369. The standard InChI is InChI=1S/C14H13ClN4O/c1-9-13-14(17-12(15)7-16-13)19(18-9)8-10-3-5-11(20-2)6-4-10/h3-7H,8H2,1-2H3. The second-order valence-electron chi connectivity index (χ2n) is 4.46. The maximum absolute atomic E-state index is 5.91. The fraction of sp³-hybridized carbons (Fsp3) is 0.214. The highest BCUT2D eigenvalue weighted by atomic mass is 35.5. The van der Waals surface area contributed by atoms with Crippen molar-refractivity contribution in [3.63, 3.8) is 0 Å². The summed E-state index contributed by atoms with van der Waals surface area (Å²) in [6, 6.07) is 7.85. The molecule has 5 nitrogen and oxygen atoms in total. The number of hydrogen-bond donors (Lipinski definition) is 0. The number of methoxy groups -OCH3 is 1. The molecule has 0 radical (unpaired) electrons. The van der Waals surface area contributed by atoms with E-state index in [4.69, 9.17) is 16.3 Å². The second kappa shape index (κ2) is 5.09. The number of halogens is 1. The van der Waals surface area contributed by atoms with Crippen LogP contribution in [0.3, 0.4) is 0 Å². The van der Waals surface area contributed by atoms with Crippen molar-refractivity contribution in [1.29, 1.82) is 0 Å². The summed E-state index contributed by atoms with van der Waals surface area (Å²) in [5.41, 5.74) is 3.43. The van der Waals surface area contributed by atoms with Gasteiger partial charge < -0.3 is 4.74 Å². The Balaban J connectivity index is 1.99. The summed E-state index contributed by atoms with van der Waals surface area (Å²) in [4.78, 5) is 8.58. The minimum Gasteiger partial charge on any atom is -0.497 e. The van der Waals surface area contributed by atoms with Crippen molar-refractivity contribution < 1.29 is 4.74 Å². The Labute approximate surface area is 121 Å². The van der Waals surface area contributed by atoms with Gasteiger partial charge in [-0.1, -0.05) is 23.7 Å². The van der Waals surface area contributed by atoms with E-state index >= 15 is 0 Å². The van der Waals surface area contributed by atoms with Gasteiger partial charge in [-0.2, -0.15) is 5.10 Å². The Morgan fingerprint density at radius 3 is 2.70 bits per heavy atom. The molecule has 0 aliphatic carbocycles. The number of fused-ring (bicyclic) bond motifs is 1. The molecular formula is C14H13ClN4O. The van der Waals surface area contributed by atoms with Gasteiger partial charge in [0.25, 0.3) is 0 Å². The van der Waals surface area contributed by atoms with Gasteiger partial charge in [0.2, 0.25) is 0 Å². The lowest BCUT2D eigenvalue weighted by Gasteiger charge is -2.04. The van der Waals surface area contributed by atoms with Crippen LogP contribution in [0, 0.1) is 6.92 Å². The van der Waals surface area contributed by atoms with E-state index in [1.165, 1.54) is 6.20 Å². The first-order valence-corrected chi connectivity index (χ1v) is 6.54. The highest BCUT2D eigenvalue weighted by molar-refractivity contribution is 6.29. The number of aromatic nitrogens is 4. The van der Waals surface area contributed by atoms with Gasteiger partial charge in [-0.3, -0.25) is 0 Å². The van der Waals surface area contributed by atoms with E-state index in [-0.39, 0.29) is 0 Å². The third kappa shape index (κ3) is 2.32. The average Bonchev–Trinajstić information content (AvgIpc) is 2.76. The molecule has 3 rings (SSSR count). The number of rotatable bonds is 3. The van der Waals surface area contributed by atoms with Crippen molar-refractivity contribution in [3.05, 3.63) is 46.9 Å². The summed E-state index contributed by atoms with van der Waals surface area (Å²) in [6.07, 6.45) is 1.54. The molecule has 6 heteroatoms. The van der Waals surface area contributed by atoms with Crippen LogP contribution in [0.2, 0.25) is 5.15 Å². The van der Waals surface area contributed by atoms with E-state index in [1.54, 1.807) is 7.11 Å². The van der Waals surface area contributed by atoms with Crippen LogP contribution < -0.4 is 4.74 Å². The van der Waals surface area contributed by atoms with E-state index in [2.05, 4.69) is 15.1 Å². The highest BCUT2D eigenvalue weighted by Gasteiger charge is 2.11. The Hall–Kier alpha value is -2.14. The summed E-state index contributed by atoms with van der Waals surface area (Å²) < 4.78 is 6.96. The minimum atomic E-state index is 0.369. The Morgan fingerprint density at radius 2 is 2.00 bits per heavy atom. The van der Waals surface area contributed by atoms with Crippen LogP contribution in [0.4, 0.5) is 0 Å². The Morgan fingerprint density at radius 1 is 1.25 bits per heavy atom. The first-order valence-electron chi connectivity index (χ1n) is 6.16. The van der Waals surface area contributed by atoms with E-state index < -0.39 is 0 Å². The third-order valence-electron chi connectivity index (χ3n) is 3.07. The fourth-order valence-corrected chi connectivity index (χ4v) is 2.21. The summed E-state index contributed by atoms with van der Waals surface area (Å²) in [6.45, 7) is 2.53. The molecule has 0 spiro atoms. The van der Waals surface area contributed by atoms with Crippen LogP contribution in [-0.2, 0) is 6.54 Å². The molecule has 0 atom stereocenters. The van der Waals surface area contributed by atoms with E-state index in [0.717, 1.165) is 22.5 Å². The van der Waals surface area contributed by atoms with E-state index in [0.29, 0.717) is 17.3 Å². The van der Waals surface area contributed by atoms with Gasteiger partial charge in [0.1, 0.15) is 16.4 Å². The molecule has 20 heavy (non-hydrogen) atoms. The lowest BCUT2D eigenvalue weighted by atomic mass is 10.2. The van der Waals surface area contributed by atoms with Gasteiger partial charge in [0.15, 0.2) is 5.65 Å². The summed E-state index contributed by atoms with van der Waals surface area (Å²) in [7, 11) is 1.65. The van der Waals surface area contributed by atoms with Crippen molar-refractivity contribution in [2.24, 2.45) is 0 Å². The van der Waals surface area contributed by atoms with Crippen molar-refractivity contribution in [1.82, 2.24) is 19.7 Å². The predicted octanol–water partition coefficient (Wildman–Crippen LogP) is 2.85. The highest BCUT2D eigenvalue weighted by Crippen LogP contribution is 2.18. The predicted molar refractivity (Wildman–Crippen MR) is 77.2 cm³/mol. The molecule has 0 N–H and O–H groups in total. The largest absolute Gasteiger partial charge is 0.497 e. The molecule has 0 bridgehead atoms. The molecule has 2 heterocycles. The summed E-state index contributed by atoms with van der Waals surface area (Å²) in [5.74, 6) is 0.832. The Bertz CT molecular complexity index is 752. The van der Waals surface area contributed by atoms with Crippen LogP contribution in [0.5, 0.6) is 5.75 Å². The van der Waals surface area contributed by atoms with Gasteiger partial charge in [-0.15, -0.1) is 0 Å². The average molecular weight is 289 g/mol. The molecule has 3 aromatic rings. The fourth-order valence-electron chi connectivity index (χ4n) is 2.08. The molecule has 0 saturated heterocycles. The van der Waals surface area contributed by atoms with Crippen molar-refractivity contribution in [2.45, 2.75) is 13.5 Å². The first kappa shape index (κ1) is 12.9. The summed E-state index contributed by atoms with van der Waals surface area (Å²) in [5, 5.41) is 4.84. The zero-order valence-corrected chi connectivity index (χ0v) is 11.9. The smallest absolute Gasteiger partial charge is 0.178 e. The molecular weight excluding hydrogens is 276 g/mol. The molecule has 0 fully saturated rings. The number of aryl methyl sites for hydroxylation is 1. The molecule has 0 saturated carbocycles. The number of benzene rings is 1. The third-order valence-corrected chi connectivity index (χ3v) is 3.26. The zero-order chi connectivity index (χ0) is 14.1.